The zero-order valence-electron chi connectivity index (χ0n) is 18.5. The summed E-state index contributed by atoms with van der Waals surface area (Å²) in [6.07, 6.45) is -2.16. The molecule has 1 saturated heterocycles. The summed E-state index contributed by atoms with van der Waals surface area (Å²) in [5.41, 5.74) is 2.36. The van der Waals surface area contributed by atoms with Crippen molar-refractivity contribution >= 4 is 5.96 Å². The van der Waals surface area contributed by atoms with Gasteiger partial charge in [0, 0.05) is 40.4 Å². The lowest BCUT2D eigenvalue weighted by Crippen LogP contribution is -2.38. The number of hydrogen-bond donors (Lipinski definition) is 1. The molecule has 8 heteroatoms. The fourth-order valence-corrected chi connectivity index (χ4v) is 3.52. The second kappa shape index (κ2) is 11.3. The summed E-state index contributed by atoms with van der Waals surface area (Å²) in [5, 5.41) is 3.30. The van der Waals surface area contributed by atoms with Crippen LogP contribution in [0.25, 0.3) is 0 Å². The van der Waals surface area contributed by atoms with E-state index in [1.54, 1.807) is 7.05 Å². The van der Waals surface area contributed by atoms with Gasteiger partial charge in [0.15, 0.2) is 5.96 Å². The minimum absolute atomic E-state index is 0.272. The largest absolute Gasteiger partial charge is 0.416 e. The smallest absolute Gasteiger partial charge is 0.381 e. The molecule has 0 spiro atoms. The van der Waals surface area contributed by atoms with E-state index in [0.717, 1.165) is 54.9 Å². The first-order valence-corrected chi connectivity index (χ1v) is 10.7. The first kappa shape index (κ1) is 24.1. The Morgan fingerprint density at radius 3 is 2.22 bits per heavy atom. The summed E-state index contributed by atoms with van der Waals surface area (Å²) in [6, 6.07) is 13.4. The quantitative estimate of drug-likeness (QED) is 0.496. The first-order valence-electron chi connectivity index (χ1n) is 10.7. The number of nitrogens with zero attached hydrogens (tertiary/aromatic N) is 2. The van der Waals surface area contributed by atoms with Crippen LogP contribution in [0.2, 0.25) is 0 Å². The van der Waals surface area contributed by atoms with Crippen LogP contribution >= 0.6 is 0 Å². The second-order valence-electron chi connectivity index (χ2n) is 7.89. The van der Waals surface area contributed by atoms with Crippen molar-refractivity contribution in [3.8, 4) is 0 Å². The molecule has 0 amide bonds. The van der Waals surface area contributed by atoms with E-state index in [-0.39, 0.29) is 6.10 Å². The van der Waals surface area contributed by atoms with Gasteiger partial charge in [0.2, 0.25) is 0 Å². The molecule has 5 nitrogen and oxygen atoms in total. The Labute approximate surface area is 187 Å². The number of benzene rings is 2. The van der Waals surface area contributed by atoms with Crippen molar-refractivity contribution in [1.29, 1.82) is 0 Å². The highest BCUT2D eigenvalue weighted by Crippen LogP contribution is 2.29. The molecule has 0 aromatic heterocycles. The van der Waals surface area contributed by atoms with Crippen LogP contribution in [0.5, 0.6) is 0 Å². The third-order valence-electron chi connectivity index (χ3n) is 5.40. The molecule has 1 heterocycles. The maximum absolute atomic E-state index is 12.7. The van der Waals surface area contributed by atoms with E-state index in [9.17, 15) is 13.2 Å². The van der Waals surface area contributed by atoms with Crippen LogP contribution in [-0.4, -0.2) is 44.3 Å². The summed E-state index contributed by atoms with van der Waals surface area (Å²) in [4.78, 5) is 6.15. The predicted molar refractivity (Wildman–Crippen MR) is 118 cm³/mol. The number of hydrogen-bond acceptors (Lipinski definition) is 3. The van der Waals surface area contributed by atoms with Gasteiger partial charge >= 0.3 is 6.18 Å². The summed E-state index contributed by atoms with van der Waals surface area (Å²) < 4.78 is 49.5. The maximum atomic E-state index is 12.7. The van der Waals surface area contributed by atoms with Crippen LogP contribution in [0.15, 0.2) is 53.5 Å². The molecule has 0 bridgehead atoms. The molecule has 3 rings (SSSR count). The lowest BCUT2D eigenvalue weighted by atomic mass is 10.1. The average Bonchev–Trinajstić information content (AvgIpc) is 2.79. The molecule has 2 aromatic carbocycles. The molecule has 1 aliphatic rings. The normalized spacial score (nSPS) is 15.6. The fourth-order valence-electron chi connectivity index (χ4n) is 3.52. The fraction of sp³-hybridized carbons (Fsp3) is 0.458. The zero-order chi connectivity index (χ0) is 23.0. The summed E-state index contributed by atoms with van der Waals surface area (Å²) >= 11 is 0. The molecule has 32 heavy (non-hydrogen) atoms. The highest BCUT2D eigenvalue weighted by atomic mass is 19.4. The SMILES string of the molecule is CN=C(NCc1ccc(COC2CCOCC2)cc1)N(C)Cc1ccc(C(F)(F)F)cc1. The second-order valence-corrected chi connectivity index (χ2v) is 7.89. The van der Waals surface area contributed by atoms with Crippen molar-refractivity contribution in [2.45, 2.75) is 44.8 Å². The van der Waals surface area contributed by atoms with Crippen LogP contribution in [0.3, 0.4) is 0 Å². The number of halogens is 3. The molecule has 2 aromatic rings. The minimum Gasteiger partial charge on any atom is -0.381 e. The van der Waals surface area contributed by atoms with Gasteiger partial charge in [-0.1, -0.05) is 36.4 Å². The van der Waals surface area contributed by atoms with Gasteiger partial charge in [-0.3, -0.25) is 4.99 Å². The number of alkyl halides is 3. The summed E-state index contributed by atoms with van der Waals surface area (Å²) in [6.45, 7) is 3.16. The van der Waals surface area contributed by atoms with Crippen LogP contribution < -0.4 is 5.32 Å². The van der Waals surface area contributed by atoms with Gasteiger partial charge in [-0.2, -0.15) is 13.2 Å². The third kappa shape index (κ3) is 7.24. The number of guanidine groups is 1. The Hall–Kier alpha value is -2.58. The molecule has 0 atom stereocenters. The number of ether oxygens (including phenoxy) is 2. The third-order valence-corrected chi connectivity index (χ3v) is 5.40. The Bertz CT molecular complexity index is 862. The molecule has 0 radical (unpaired) electrons. The van der Waals surface area contributed by atoms with Gasteiger partial charge in [0.05, 0.1) is 18.3 Å². The van der Waals surface area contributed by atoms with E-state index in [4.69, 9.17) is 9.47 Å². The average molecular weight is 450 g/mol. The Morgan fingerprint density at radius 1 is 1.03 bits per heavy atom. The number of nitrogens with one attached hydrogen (secondary N) is 1. The molecule has 1 fully saturated rings. The number of aliphatic imine (C=N–C) groups is 1. The van der Waals surface area contributed by atoms with Crippen LogP contribution in [0.4, 0.5) is 13.2 Å². The molecular weight excluding hydrogens is 419 g/mol. The summed E-state index contributed by atoms with van der Waals surface area (Å²) in [5.74, 6) is 0.664. The Kier molecular flexibility index (Phi) is 8.53. The van der Waals surface area contributed by atoms with Crippen LogP contribution in [0.1, 0.15) is 35.1 Å². The standard InChI is InChI=1S/C24H30F3N3O2/c1-28-23(30(2)16-19-7-9-21(10-8-19)24(25,26)27)29-15-18-3-5-20(6-4-18)17-32-22-11-13-31-14-12-22/h3-10,22H,11-17H2,1-2H3,(H,28,29). The van der Waals surface area contributed by atoms with Gasteiger partial charge in [-0.15, -0.1) is 0 Å². The van der Waals surface area contributed by atoms with E-state index in [1.165, 1.54) is 12.1 Å². The molecule has 0 aliphatic carbocycles. The van der Waals surface area contributed by atoms with E-state index in [1.807, 2.05) is 11.9 Å². The highest BCUT2D eigenvalue weighted by molar-refractivity contribution is 5.79. The van der Waals surface area contributed by atoms with Crippen molar-refractivity contribution in [2.24, 2.45) is 4.99 Å². The minimum atomic E-state index is -4.32. The van der Waals surface area contributed by atoms with Gasteiger partial charge in [-0.05, 0) is 41.7 Å². The van der Waals surface area contributed by atoms with E-state index >= 15 is 0 Å². The van der Waals surface area contributed by atoms with Crippen molar-refractivity contribution < 1.29 is 22.6 Å². The van der Waals surface area contributed by atoms with Gasteiger partial charge in [0.25, 0.3) is 0 Å². The van der Waals surface area contributed by atoms with E-state index in [0.29, 0.717) is 25.7 Å². The van der Waals surface area contributed by atoms with Crippen molar-refractivity contribution in [3.63, 3.8) is 0 Å². The van der Waals surface area contributed by atoms with Gasteiger partial charge in [-0.25, -0.2) is 0 Å². The lowest BCUT2D eigenvalue weighted by molar-refractivity contribution is -0.137. The zero-order valence-corrected chi connectivity index (χ0v) is 18.5. The van der Waals surface area contributed by atoms with E-state index in [2.05, 4.69) is 34.6 Å². The molecule has 174 valence electrons. The lowest BCUT2D eigenvalue weighted by Gasteiger charge is -2.23. The molecule has 1 aliphatic heterocycles. The van der Waals surface area contributed by atoms with Crippen molar-refractivity contribution in [2.75, 3.05) is 27.3 Å². The van der Waals surface area contributed by atoms with Crippen molar-refractivity contribution in [3.05, 3.63) is 70.8 Å². The van der Waals surface area contributed by atoms with Gasteiger partial charge in [0.1, 0.15) is 0 Å². The topological polar surface area (TPSA) is 46.1 Å². The summed E-state index contributed by atoms with van der Waals surface area (Å²) in [7, 11) is 3.53. The van der Waals surface area contributed by atoms with Crippen LogP contribution in [-0.2, 0) is 35.3 Å². The predicted octanol–water partition coefficient (Wildman–Crippen LogP) is 4.61. The molecule has 0 unspecified atom stereocenters. The van der Waals surface area contributed by atoms with E-state index < -0.39 is 11.7 Å². The van der Waals surface area contributed by atoms with Gasteiger partial charge < -0.3 is 19.7 Å². The van der Waals surface area contributed by atoms with Crippen LogP contribution in [0, 0.1) is 0 Å². The number of rotatable bonds is 7. The molecule has 1 N–H and O–H groups in total. The Morgan fingerprint density at radius 2 is 1.62 bits per heavy atom. The highest BCUT2D eigenvalue weighted by Gasteiger charge is 2.29. The maximum Gasteiger partial charge on any atom is 0.416 e. The van der Waals surface area contributed by atoms with Crippen molar-refractivity contribution in [1.82, 2.24) is 10.2 Å². The molecular formula is C24H30F3N3O2. The molecule has 0 saturated carbocycles. The monoisotopic (exact) mass is 449 g/mol. The first-order chi connectivity index (χ1) is 15.3. The Balaban J connectivity index is 1.46.